The first-order chi connectivity index (χ1) is 13.5. The fourth-order valence-corrected chi connectivity index (χ4v) is 3.53. The SMILES string of the molecule is CCNC(=NCc1cnn(-c2ccc(Cl)cc2)c1)NCC(C)(O)c1cccs1.I. The summed E-state index contributed by atoms with van der Waals surface area (Å²) in [6.45, 7) is 5.38. The summed E-state index contributed by atoms with van der Waals surface area (Å²) in [5, 5.41) is 24.1. The molecule has 0 amide bonds. The van der Waals surface area contributed by atoms with Crippen molar-refractivity contribution >= 4 is 52.9 Å². The van der Waals surface area contributed by atoms with Crippen LogP contribution in [0.2, 0.25) is 5.02 Å². The molecule has 0 radical (unpaired) electrons. The van der Waals surface area contributed by atoms with Gasteiger partial charge >= 0.3 is 0 Å². The van der Waals surface area contributed by atoms with Gasteiger partial charge in [-0.2, -0.15) is 5.10 Å². The first kappa shape index (κ1) is 23.7. The summed E-state index contributed by atoms with van der Waals surface area (Å²) in [4.78, 5) is 5.52. The second-order valence-corrected chi connectivity index (χ2v) is 7.95. The van der Waals surface area contributed by atoms with Crippen molar-refractivity contribution in [1.29, 1.82) is 0 Å². The van der Waals surface area contributed by atoms with E-state index in [2.05, 4.69) is 20.7 Å². The Hall–Kier alpha value is -1.62. The molecule has 1 atom stereocenters. The van der Waals surface area contributed by atoms with Crippen molar-refractivity contribution < 1.29 is 5.11 Å². The van der Waals surface area contributed by atoms with Crippen LogP contribution < -0.4 is 10.6 Å². The molecular formula is C20H25ClIN5OS. The van der Waals surface area contributed by atoms with Gasteiger partial charge in [-0.15, -0.1) is 35.3 Å². The molecule has 0 fully saturated rings. The Balaban J connectivity index is 0.00000300. The molecule has 0 spiro atoms. The standard InChI is InChI=1S/C20H24ClN5OS.HI/c1-3-22-19(24-14-20(2,27)18-5-4-10-28-18)23-11-15-12-25-26(13-15)17-8-6-16(21)7-9-17;/h4-10,12-13,27H,3,11,14H2,1-2H3,(H2,22,23,24);1H. The highest BCUT2D eigenvalue weighted by atomic mass is 127. The Morgan fingerprint density at radius 2 is 2.03 bits per heavy atom. The van der Waals surface area contributed by atoms with Crippen LogP contribution >= 0.6 is 46.9 Å². The van der Waals surface area contributed by atoms with E-state index in [0.717, 1.165) is 22.7 Å². The topological polar surface area (TPSA) is 74.5 Å². The Morgan fingerprint density at radius 1 is 1.28 bits per heavy atom. The van der Waals surface area contributed by atoms with E-state index in [0.29, 0.717) is 24.1 Å². The van der Waals surface area contributed by atoms with E-state index in [-0.39, 0.29) is 24.0 Å². The van der Waals surface area contributed by atoms with Gasteiger partial charge in [0, 0.05) is 28.2 Å². The maximum Gasteiger partial charge on any atom is 0.191 e. The summed E-state index contributed by atoms with van der Waals surface area (Å²) in [6.07, 6.45) is 3.74. The van der Waals surface area contributed by atoms with Crippen LogP contribution in [0.3, 0.4) is 0 Å². The highest BCUT2D eigenvalue weighted by Gasteiger charge is 2.24. The number of aliphatic imine (C=N–C) groups is 1. The number of aliphatic hydroxyl groups is 1. The maximum atomic E-state index is 10.7. The van der Waals surface area contributed by atoms with Gasteiger partial charge in [0.1, 0.15) is 5.60 Å². The number of aromatic nitrogens is 2. The summed E-state index contributed by atoms with van der Waals surface area (Å²) in [7, 11) is 0. The van der Waals surface area contributed by atoms with E-state index in [4.69, 9.17) is 11.6 Å². The van der Waals surface area contributed by atoms with Crippen LogP contribution in [0.5, 0.6) is 0 Å². The Kier molecular flexibility index (Phi) is 8.94. The fourth-order valence-electron chi connectivity index (χ4n) is 2.62. The van der Waals surface area contributed by atoms with Gasteiger partial charge in [0.25, 0.3) is 0 Å². The Morgan fingerprint density at radius 3 is 2.69 bits per heavy atom. The third-order valence-corrected chi connectivity index (χ3v) is 5.52. The van der Waals surface area contributed by atoms with Crippen molar-refractivity contribution in [2.45, 2.75) is 26.0 Å². The van der Waals surface area contributed by atoms with E-state index in [9.17, 15) is 5.11 Å². The molecular weight excluding hydrogens is 521 g/mol. The van der Waals surface area contributed by atoms with E-state index in [1.54, 1.807) is 17.8 Å². The minimum atomic E-state index is -0.955. The molecule has 156 valence electrons. The predicted octanol–water partition coefficient (Wildman–Crippen LogP) is 4.17. The Bertz CT molecular complexity index is 909. The molecule has 3 N–H and O–H groups in total. The highest BCUT2D eigenvalue weighted by molar-refractivity contribution is 14.0. The summed E-state index contributed by atoms with van der Waals surface area (Å²) >= 11 is 7.47. The van der Waals surface area contributed by atoms with Gasteiger partial charge in [-0.05, 0) is 49.6 Å². The molecule has 3 rings (SSSR count). The lowest BCUT2D eigenvalue weighted by Crippen LogP contribution is -2.44. The van der Waals surface area contributed by atoms with Crippen LogP contribution in [0.1, 0.15) is 24.3 Å². The summed E-state index contributed by atoms with van der Waals surface area (Å²) in [6, 6.07) is 11.4. The maximum absolute atomic E-state index is 10.7. The molecule has 0 bridgehead atoms. The molecule has 1 unspecified atom stereocenters. The lowest BCUT2D eigenvalue weighted by atomic mass is 10.1. The van der Waals surface area contributed by atoms with Gasteiger partial charge in [0.05, 0.1) is 25.0 Å². The van der Waals surface area contributed by atoms with Crippen molar-refractivity contribution in [3.63, 3.8) is 0 Å². The van der Waals surface area contributed by atoms with E-state index < -0.39 is 5.60 Å². The largest absolute Gasteiger partial charge is 0.383 e. The summed E-state index contributed by atoms with van der Waals surface area (Å²) in [5.41, 5.74) is 0.970. The van der Waals surface area contributed by atoms with Gasteiger partial charge < -0.3 is 15.7 Å². The van der Waals surface area contributed by atoms with Crippen LogP contribution in [-0.4, -0.2) is 33.9 Å². The number of thiophene rings is 1. The molecule has 2 heterocycles. The van der Waals surface area contributed by atoms with Crippen LogP contribution in [0.15, 0.2) is 59.2 Å². The van der Waals surface area contributed by atoms with Crippen molar-refractivity contribution in [1.82, 2.24) is 20.4 Å². The Labute approximate surface area is 197 Å². The molecule has 9 heteroatoms. The monoisotopic (exact) mass is 545 g/mol. The number of nitrogens with zero attached hydrogens (tertiary/aromatic N) is 3. The van der Waals surface area contributed by atoms with Crippen molar-refractivity contribution in [3.8, 4) is 5.69 Å². The average molecular weight is 546 g/mol. The van der Waals surface area contributed by atoms with E-state index in [1.165, 1.54) is 11.3 Å². The first-order valence-corrected chi connectivity index (χ1v) is 10.3. The molecule has 29 heavy (non-hydrogen) atoms. The number of hydrogen-bond donors (Lipinski definition) is 3. The zero-order valence-corrected chi connectivity index (χ0v) is 20.2. The van der Waals surface area contributed by atoms with Crippen LogP contribution in [0.25, 0.3) is 5.69 Å². The molecule has 0 aliphatic rings. The zero-order chi connectivity index (χ0) is 20.0. The first-order valence-electron chi connectivity index (χ1n) is 9.06. The lowest BCUT2D eigenvalue weighted by Gasteiger charge is -2.23. The van der Waals surface area contributed by atoms with Crippen molar-refractivity contribution in [2.75, 3.05) is 13.1 Å². The third-order valence-electron chi connectivity index (χ3n) is 4.14. The quantitative estimate of drug-likeness (QED) is 0.237. The van der Waals surface area contributed by atoms with Gasteiger partial charge in [-0.25, -0.2) is 9.67 Å². The average Bonchev–Trinajstić information content (AvgIpc) is 3.37. The van der Waals surface area contributed by atoms with E-state index in [1.807, 2.05) is 54.9 Å². The molecule has 6 nitrogen and oxygen atoms in total. The third kappa shape index (κ3) is 6.70. The number of nitrogens with one attached hydrogen (secondary N) is 2. The number of hydrogen-bond acceptors (Lipinski definition) is 4. The van der Waals surface area contributed by atoms with Crippen molar-refractivity contribution in [3.05, 3.63) is 69.6 Å². The number of halogens is 2. The van der Waals surface area contributed by atoms with Crippen molar-refractivity contribution in [2.24, 2.45) is 4.99 Å². The minimum absolute atomic E-state index is 0. The molecule has 3 aromatic rings. The number of rotatable bonds is 7. The molecule has 1 aromatic carbocycles. The molecule has 0 aliphatic heterocycles. The molecule has 0 saturated heterocycles. The van der Waals surface area contributed by atoms with E-state index >= 15 is 0 Å². The summed E-state index contributed by atoms with van der Waals surface area (Å²) in [5.74, 6) is 0.651. The molecule has 0 saturated carbocycles. The number of benzene rings is 1. The highest BCUT2D eigenvalue weighted by Crippen LogP contribution is 2.24. The zero-order valence-electron chi connectivity index (χ0n) is 16.3. The second kappa shape index (κ2) is 11.0. The predicted molar refractivity (Wildman–Crippen MR) is 131 cm³/mol. The lowest BCUT2D eigenvalue weighted by molar-refractivity contribution is 0.0655. The number of guanidine groups is 1. The molecule has 0 aliphatic carbocycles. The summed E-state index contributed by atoms with van der Waals surface area (Å²) < 4.78 is 1.79. The van der Waals surface area contributed by atoms with Gasteiger partial charge in [-0.3, -0.25) is 0 Å². The molecule has 2 aromatic heterocycles. The van der Waals surface area contributed by atoms with Gasteiger partial charge in [0.2, 0.25) is 0 Å². The second-order valence-electron chi connectivity index (χ2n) is 6.57. The normalized spacial score (nSPS) is 13.4. The van der Waals surface area contributed by atoms with Crippen LogP contribution in [-0.2, 0) is 12.1 Å². The fraction of sp³-hybridized carbons (Fsp3) is 0.300. The van der Waals surface area contributed by atoms with Gasteiger partial charge in [-0.1, -0.05) is 17.7 Å². The van der Waals surface area contributed by atoms with Gasteiger partial charge in [0.15, 0.2) is 5.96 Å². The van der Waals surface area contributed by atoms with Crippen LogP contribution in [0.4, 0.5) is 0 Å². The minimum Gasteiger partial charge on any atom is -0.383 e. The van der Waals surface area contributed by atoms with Crippen LogP contribution in [0, 0.1) is 0 Å². The smallest absolute Gasteiger partial charge is 0.191 e.